The van der Waals surface area contributed by atoms with E-state index in [0.29, 0.717) is 10.9 Å². The van der Waals surface area contributed by atoms with Gasteiger partial charge in [-0.2, -0.15) is 5.10 Å². The lowest BCUT2D eigenvalue weighted by Crippen LogP contribution is -2.32. The van der Waals surface area contributed by atoms with Crippen molar-refractivity contribution < 1.29 is 4.79 Å². The third-order valence-electron chi connectivity index (χ3n) is 3.52. The highest BCUT2D eigenvalue weighted by Crippen LogP contribution is 2.25. The quantitative estimate of drug-likeness (QED) is 0.860. The zero-order valence-electron chi connectivity index (χ0n) is 13.4. The number of hydrogen-bond acceptors (Lipinski definition) is 3. The van der Waals surface area contributed by atoms with Crippen molar-refractivity contribution in [3.63, 3.8) is 0 Å². The molecule has 0 aliphatic rings. The van der Waals surface area contributed by atoms with Crippen LogP contribution in [0.25, 0.3) is 0 Å². The number of thiophene rings is 1. The SMILES string of the molecule is Cc1nn(CC(=O)NC(CC(C)C)c2cccs2)c(C)c1Cl. The molecule has 120 valence electrons. The largest absolute Gasteiger partial charge is 0.347 e. The van der Waals surface area contributed by atoms with Gasteiger partial charge in [-0.05, 0) is 37.6 Å². The summed E-state index contributed by atoms with van der Waals surface area (Å²) in [4.78, 5) is 13.6. The highest BCUT2D eigenvalue weighted by Gasteiger charge is 2.18. The van der Waals surface area contributed by atoms with Crippen molar-refractivity contribution in [2.24, 2.45) is 5.92 Å². The predicted octanol–water partition coefficient (Wildman–Crippen LogP) is 4.12. The van der Waals surface area contributed by atoms with Gasteiger partial charge in [-0.25, -0.2) is 0 Å². The Balaban J connectivity index is 2.06. The lowest BCUT2D eigenvalue weighted by molar-refractivity contribution is -0.122. The molecule has 1 unspecified atom stereocenters. The first-order chi connectivity index (χ1) is 10.4. The lowest BCUT2D eigenvalue weighted by atomic mass is 10.0. The van der Waals surface area contributed by atoms with Gasteiger partial charge >= 0.3 is 0 Å². The van der Waals surface area contributed by atoms with Crippen LogP contribution in [-0.2, 0) is 11.3 Å². The van der Waals surface area contributed by atoms with Gasteiger partial charge < -0.3 is 5.32 Å². The maximum absolute atomic E-state index is 12.4. The number of carbonyl (C=O) groups is 1. The van der Waals surface area contributed by atoms with Gasteiger partial charge in [0.05, 0.1) is 22.5 Å². The smallest absolute Gasteiger partial charge is 0.242 e. The van der Waals surface area contributed by atoms with Crippen molar-refractivity contribution in [3.05, 3.63) is 38.8 Å². The number of carbonyl (C=O) groups excluding carboxylic acids is 1. The summed E-state index contributed by atoms with van der Waals surface area (Å²) in [7, 11) is 0. The first-order valence-electron chi connectivity index (χ1n) is 7.40. The second kappa shape index (κ2) is 7.29. The summed E-state index contributed by atoms with van der Waals surface area (Å²) in [6, 6.07) is 4.14. The average molecular weight is 340 g/mol. The number of rotatable bonds is 6. The molecule has 0 spiro atoms. The van der Waals surface area contributed by atoms with E-state index in [1.807, 2.05) is 25.3 Å². The topological polar surface area (TPSA) is 46.9 Å². The van der Waals surface area contributed by atoms with Crippen LogP contribution < -0.4 is 5.32 Å². The molecule has 0 saturated heterocycles. The van der Waals surface area contributed by atoms with Gasteiger partial charge in [-0.1, -0.05) is 31.5 Å². The Labute approximate surface area is 140 Å². The van der Waals surface area contributed by atoms with Crippen LogP contribution in [-0.4, -0.2) is 15.7 Å². The Hall–Kier alpha value is -1.33. The maximum Gasteiger partial charge on any atom is 0.242 e. The molecule has 0 fully saturated rings. The molecule has 1 N–H and O–H groups in total. The molecule has 0 radical (unpaired) electrons. The van der Waals surface area contributed by atoms with E-state index in [4.69, 9.17) is 11.6 Å². The fourth-order valence-electron chi connectivity index (χ4n) is 2.41. The Morgan fingerprint density at radius 1 is 1.45 bits per heavy atom. The Bertz CT molecular complexity index is 634. The minimum absolute atomic E-state index is 0.0404. The van der Waals surface area contributed by atoms with Crippen LogP contribution in [0.5, 0.6) is 0 Å². The van der Waals surface area contributed by atoms with Crippen LogP contribution in [0.15, 0.2) is 17.5 Å². The van der Waals surface area contributed by atoms with Crippen LogP contribution >= 0.6 is 22.9 Å². The summed E-state index contributed by atoms with van der Waals surface area (Å²) in [5, 5.41) is 10.1. The second-order valence-electron chi connectivity index (χ2n) is 5.91. The lowest BCUT2D eigenvalue weighted by Gasteiger charge is -2.19. The molecule has 0 saturated carbocycles. The number of aromatic nitrogens is 2. The van der Waals surface area contributed by atoms with Gasteiger partial charge in [0.1, 0.15) is 6.54 Å². The Kier molecular flexibility index (Phi) is 5.64. The van der Waals surface area contributed by atoms with Crippen molar-refractivity contribution >= 4 is 28.8 Å². The van der Waals surface area contributed by atoms with Crippen molar-refractivity contribution in [1.82, 2.24) is 15.1 Å². The maximum atomic E-state index is 12.4. The van der Waals surface area contributed by atoms with Crippen LogP contribution in [0.2, 0.25) is 5.02 Å². The van der Waals surface area contributed by atoms with E-state index in [1.165, 1.54) is 4.88 Å². The standard InChI is InChI=1S/C16H22ClN3OS/c1-10(2)8-13(14-6-5-7-22-14)18-15(21)9-20-12(4)16(17)11(3)19-20/h5-7,10,13H,8-9H2,1-4H3,(H,18,21). The summed E-state index contributed by atoms with van der Waals surface area (Å²) in [5.74, 6) is 0.469. The summed E-state index contributed by atoms with van der Waals surface area (Å²) >= 11 is 7.80. The molecule has 2 rings (SSSR count). The van der Waals surface area contributed by atoms with Gasteiger partial charge in [-0.3, -0.25) is 9.48 Å². The third-order valence-corrected chi connectivity index (χ3v) is 5.05. The van der Waals surface area contributed by atoms with E-state index in [-0.39, 0.29) is 18.5 Å². The van der Waals surface area contributed by atoms with Crippen LogP contribution in [0.3, 0.4) is 0 Å². The van der Waals surface area contributed by atoms with E-state index in [9.17, 15) is 4.79 Å². The van der Waals surface area contributed by atoms with E-state index >= 15 is 0 Å². The van der Waals surface area contributed by atoms with E-state index < -0.39 is 0 Å². The number of amides is 1. The molecular formula is C16H22ClN3OS. The third kappa shape index (κ3) is 4.11. The minimum Gasteiger partial charge on any atom is -0.347 e. The van der Waals surface area contributed by atoms with Crippen molar-refractivity contribution in [3.8, 4) is 0 Å². The average Bonchev–Trinajstić information content (AvgIpc) is 3.04. The molecule has 2 aromatic rings. The Morgan fingerprint density at radius 2 is 2.18 bits per heavy atom. The molecular weight excluding hydrogens is 318 g/mol. The Morgan fingerprint density at radius 3 is 2.68 bits per heavy atom. The van der Waals surface area contributed by atoms with Gasteiger partial charge in [-0.15, -0.1) is 11.3 Å². The van der Waals surface area contributed by atoms with Gasteiger partial charge in [0.2, 0.25) is 5.91 Å². The van der Waals surface area contributed by atoms with Gasteiger partial charge in [0.25, 0.3) is 0 Å². The van der Waals surface area contributed by atoms with E-state index in [1.54, 1.807) is 16.0 Å². The monoisotopic (exact) mass is 339 g/mol. The molecule has 2 aromatic heterocycles. The summed E-state index contributed by atoms with van der Waals surface area (Å²) in [6.07, 6.45) is 0.921. The molecule has 2 heterocycles. The van der Waals surface area contributed by atoms with Crippen molar-refractivity contribution in [2.45, 2.75) is 46.7 Å². The summed E-state index contributed by atoms with van der Waals surface area (Å²) in [6.45, 7) is 8.23. The molecule has 22 heavy (non-hydrogen) atoms. The molecule has 4 nitrogen and oxygen atoms in total. The summed E-state index contributed by atoms with van der Waals surface area (Å²) < 4.78 is 1.66. The second-order valence-corrected chi connectivity index (χ2v) is 7.26. The van der Waals surface area contributed by atoms with Crippen LogP contribution in [0, 0.1) is 19.8 Å². The van der Waals surface area contributed by atoms with Crippen LogP contribution in [0.4, 0.5) is 0 Å². The van der Waals surface area contributed by atoms with Crippen LogP contribution in [0.1, 0.15) is 42.6 Å². The fraction of sp³-hybridized carbons (Fsp3) is 0.500. The number of aryl methyl sites for hydroxylation is 1. The number of hydrogen-bond donors (Lipinski definition) is 1. The molecule has 0 bridgehead atoms. The van der Waals surface area contributed by atoms with Gasteiger partial charge in [0, 0.05) is 4.88 Å². The molecule has 0 aliphatic heterocycles. The molecule has 1 atom stereocenters. The van der Waals surface area contributed by atoms with E-state index in [0.717, 1.165) is 17.8 Å². The molecule has 6 heteroatoms. The molecule has 1 amide bonds. The predicted molar refractivity (Wildman–Crippen MR) is 91.4 cm³/mol. The van der Waals surface area contributed by atoms with Crippen molar-refractivity contribution in [1.29, 1.82) is 0 Å². The zero-order valence-corrected chi connectivity index (χ0v) is 15.0. The molecule has 0 aliphatic carbocycles. The number of halogens is 1. The minimum atomic E-state index is -0.0404. The first-order valence-corrected chi connectivity index (χ1v) is 8.66. The normalized spacial score (nSPS) is 12.6. The highest BCUT2D eigenvalue weighted by molar-refractivity contribution is 7.10. The van der Waals surface area contributed by atoms with Crippen molar-refractivity contribution in [2.75, 3.05) is 0 Å². The number of nitrogens with zero attached hydrogens (tertiary/aromatic N) is 2. The van der Waals surface area contributed by atoms with E-state index in [2.05, 4.69) is 30.3 Å². The fourth-order valence-corrected chi connectivity index (χ4v) is 3.34. The first kappa shape index (κ1) is 17.0. The van der Waals surface area contributed by atoms with Gasteiger partial charge in [0.15, 0.2) is 0 Å². The molecule has 0 aromatic carbocycles. The zero-order chi connectivity index (χ0) is 16.3. The highest BCUT2D eigenvalue weighted by atomic mass is 35.5. The number of nitrogens with one attached hydrogen (secondary N) is 1. The summed E-state index contributed by atoms with van der Waals surface area (Å²) in [5.41, 5.74) is 1.58.